The van der Waals surface area contributed by atoms with Crippen LogP contribution in [-0.4, -0.2) is 5.11 Å². The standard InChI is InChI=1S/C7H10O/c1-4-6(3)7(8)5-2/h4-5,8H,1-2H2,3H3/b7-6-. The molecule has 8 heavy (non-hydrogen) atoms. The summed E-state index contributed by atoms with van der Waals surface area (Å²) >= 11 is 0. The molecule has 0 amide bonds. The second-order valence-corrected chi connectivity index (χ2v) is 1.48. The molecule has 0 aliphatic heterocycles. The molecule has 0 spiro atoms. The molecule has 0 saturated heterocycles. The summed E-state index contributed by atoms with van der Waals surface area (Å²) in [5, 5.41) is 8.82. The molecule has 0 rings (SSSR count). The molecule has 0 aliphatic rings. The number of hydrogen-bond donors (Lipinski definition) is 1. The molecule has 0 fully saturated rings. The van der Waals surface area contributed by atoms with Crippen molar-refractivity contribution in [1.82, 2.24) is 0 Å². The Bertz CT molecular complexity index is 115. The summed E-state index contributed by atoms with van der Waals surface area (Å²) in [6, 6.07) is 0. The van der Waals surface area contributed by atoms with Crippen molar-refractivity contribution in [1.29, 1.82) is 0 Å². The van der Waals surface area contributed by atoms with Gasteiger partial charge in [0.2, 0.25) is 0 Å². The third-order valence-electron chi connectivity index (χ3n) is 0.904. The van der Waals surface area contributed by atoms with Crippen LogP contribution in [0.25, 0.3) is 0 Å². The van der Waals surface area contributed by atoms with Crippen LogP contribution in [0.2, 0.25) is 0 Å². The lowest BCUT2D eigenvalue weighted by Gasteiger charge is -1.91. The molecule has 1 nitrogen and oxygen atoms in total. The first-order valence-corrected chi connectivity index (χ1v) is 2.37. The van der Waals surface area contributed by atoms with Crippen molar-refractivity contribution in [2.45, 2.75) is 6.92 Å². The zero-order chi connectivity index (χ0) is 6.57. The molecule has 0 heterocycles. The molecular formula is C7H10O. The molecule has 44 valence electrons. The fourth-order valence-corrected chi connectivity index (χ4v) is 0.266. The molecule has 0 radical (unpaired) electrons. The van der Waals surface area contributed by atoms with Crippen LogP contribution in [0.1, 0.15) is 6.92 Å². The summed E-state index contributed by atoms with van der Waals surface area (Å²) in [6.45, 7) is 8.61. The van der Waals surface area contributed by atoms with Gasteiger partial charge in [0.15, 0.2) is 0 Å². The van der Waals surface area contributed by atoms with E-state index in [0.29, 0.717) is 0 Å². The minimum absolute atomic E-state index is 0.194. The molecule has 0 aromatic carbocycles. The van der Waals surface area contributed by atoms with E-state index in [1.165, 1.54) is 6.08 Å². The van der Waals surface area contributed by atoms with E-state index in [1.807, 2.05) is 0 Å². The van der Waals surface area contributed by atoms with Gasteiger partial charge in [0.25, 0.3) is 0 Å². The normalized spacial score (nSPS) is 12.1. The molecule has 0 aliphatic carbocycles. The predicted octanol–water partition coefficient (Wildman–Crippen LogP) is 2.19. The topological polar surface area (TPSA) is 20.2 Å². The Hall–Kier alpha value is -0.980. The molecule has 0 aromatic heterocycles. The van der Waals surface area contributed by atoms with Gasteiger partial charge in [-0.25, -0.2) is 0 Å². The lowest BCUT2D eigenvalue weighted by Crippen LogP contribution is -1.76. The molecule has 1 N–H and O–H groups in total. The Labute approximate surface area is 49.7 Å². The van der Waals surface area contributed by atoms with Crippen molar-refractivity contribution in [2.24, 2.45) is 0 Å². The second kappa shape index (κ2) is 3.08. The number of allylic oxidation sites excluding steroid dienone is 3. The molecule has 0 aromatic rings. The van der Waals surface area contributed by atoms with Crippen LogP contribution < -0.4 is 0 Å². The van der Waals surface area contributed by atoms with E-state index < -0.39 is 0 Å². The van der Waals surface area contributed by atoms with Crippen LogP contribution >= 0.6 is 0 Å². The SMILES string of the molecule is C=C/C(C)=C(\O)C=C. The van der Waals surface area contributed by atoms with Gasteiger partial charge in [-0.1, -0.05) is 19.2 Å². The minimum atomic E-state index is 0.194. The molecule has 0 saturated carbocycles. The first-order valence-electron chi connectivity index (χ1n) is 2.37. The highest BCUT2D eigenvalue weighted by atomic mass is 16.3. The van der Waals surface area contributed by atoms with Crippen LogP contribution in [0.15, 0.2) is 36.6 Å². The Balaban J connectivity index is 4.25. The van der Waals surface area contributed by atoms with Gasteiger partial charge in [0.05, 0.1) is 0 Å². The van der Waals surface area contributed by atoms with E-state index in [2.05, 4.69) is 13.2 Å². The van der Waals surface area contributed by atoms with Crippen LogP contribution in [0.3, 0.4) is 0 Å². The highest BCUT2D eigenvalue weighted by Gasteiger charge is 1.85. The largest absolute Gasteiger partial charge is 0.508 e. The van der Waals surface area contributed by atoms with E-state index in [0.717, 1.165) is 5.57 Å². The minimum Gasteiger partial charge on any atom is -0.508 e. The van der Waals surface area contributed by atoms with Gasteiger partial charge < -0.3 is 5.11 Å². The van der Waals surface area contributed by atoms with Gasteiger partial charge in [0.1, 0.15) is 5.76 Å². The third-order valence-corrected chi connectivity index (χ3v) is 0.904. The summed E-state index contributed by atoms with van der Waals surface area (Å²) in [5.41, 5.74) is 0.750. The highest BCUT2D eigenvalue weighted by molar-refractivity contribution is 5.23. The van der Waals surface area contributed by atoms with E-state index >= 15 is 0 Å². The average Bonchev–Trinajstić information content (AvgIpc) is 1.84. The van der Waals surface area contributed by atoms with Gasteiger partial charge in [0, 0.05) is 0 Å². The maximum atomic E-state index is 8.82. The first-order chi connectivity index (χ1) is 3.72. The molecule has 0 bridgehead atoms. The Morgan fingerprint density at radius 2 is 1.88 bits per heavy atom. The van der Waals surface area contributed by atoms with Gasteiger partial charge >= 0.3 is 0 Å². The van der Waals surface area contributed by atoms with Gasteiger partial charge in [-0.2, -0.15) is 0 Å². The van der Waals surface area contributed by atoms with Crippen molar-refractivity contribution in [2.75, 3.05) is 0 Å². The van der Waals surface area contributed by atoms with E-state index in [1.54, 1.807) is 13.0 Å². The van der Waals surface area contributed by atoms with Crippen LogP contribution in [0, 0.1) is 0 Å². The van der Waals surface area contributed by atoms with Gasteiger partial charge in [-0.15, -0.1) is 0 Å². The van der Waals surface area contributed by atoms with Crippen LogP contribution in [-0.2, 0) is 0 Å². The fourth-order valence-electron chi connectivity index (χ4n) is 0.266. The maximum absolute atomic E-state index is 8.82. The zero-order valence-corrected chi connectivity index (χ0v) is 5.02. The van der Waals surface area contributed by atoms with Crippen molar-refractivity contribution < 1.29 is 5.11 Å². The van der Waals surface area contributed by atoms with Crippen molar-refractivity contribution >= 4 is 0 Å². The van der Waals surface area contributed by atoms with Crippen molar-refractivity contribution in [3.8, 4) is 0 Å². The molecule has 0 unspecified atom stereocenters. The van der Waals surface area contributed by atoms with Gasteiger partial charge in [-0.3, -0.25) is 0 Å². The smallest absolute Gasteiger partial charge is 0.117 e. The maximum Gasteiger partial charge on any atom is 0.117 e. The fraction of sp³-hybridized carbons (Fsp3) is 0.143. The summed E-state index contributed by atoms with van der Waals surface area (Å²) in [4.78, 5) is 0. The number of hydrogen-bond acceptors (Lipinski definition) is 1. The monoisotopic (exact) mass is 110 g/mol. The zero-order valence-electron chi connectivity index (χ0n) is 5.02. The van der Waals surface area contributed by atoms with Gasteiger partial charge in [-0.05, 0) is 18.6 Å². The molecule has 0 atom stereocenters. The number of rotatable bonds is 2. The molecule has 1 heteroatoms. The Morgan fingerprint density at radius 3 is 2.00 bits per heavy atom. The average molecular weight is 110 g/mol. The highest BCUT2D eigenvalue weighted by Crippen LogP contribution is 2.00. The lowest BCUT2D eigenvalue weighted by atomic mass is 10.2. The summed E-state index contributed by atoms with van der Waals surface area (Å²) in [7, 11) is 0. The van der Waals surface area contributed by atoms with Crippen LogP contribution in [0.4, 0.5) is 0 Å². The summed E-state index contributed by atoms with van der Waals surface area (Å²) in [5.74, 6) is 0.194. The summed E-state index contributed by atoms with van der Waals surface area (Å²) < 4.78 is 0. The van der Waals surface area contributed by atoms with E-state index in [4.69, 9.17) is 5.11 Å². The number of aliphatic hydroxyl groups is 1. The first kappa shape index (κ1) is 7.02. The lowest BCUT2D eigenvalue weighted by molar-refractivity contribution is 0.428. The third kappa shape index (κ3) is 1.65. The van der Waals surface area contributed by atoms with Crippen molar-refractivity contribution in [3.05, 3.63) is 36.6 Å². The predicted molar refractivity (Wildman–Crippen MR) is 35.7 cm³/mol. The van der Waals surface area contributed by atoms with Crippen LogP contribution in [0.5, 0.6) is 0 Å². The van der Waals surface area contributed by atoms with Crippen molar-refractivity contribution in [3.63, 3.8) is 0 Å². The Kier molecular flexibility index (Phi) is 2.70. The number of aliphatic hydroxyl groups excluding tert-OH is 1. The molecular weight excluding hydrogens is 100 g/mol. The van der Waals surface area contributed by atoms with E-state index in [-0.39, 0.29) is 5.76 Å². The second-order valence-electron chi connectivity index (χ2n) is 1.48. The quantitative estimate of drug-likeness (QED) is 0.426. The van der Waals surface area contributed by atoms with E-state index in [9.17, 15) is 0 Å². The summed E-state index contributed by atoms with van der Waals surface area (Å²) in [6.07, 6.45) is 2.97. The Morgan fingerprint density at radius 1 is 1.38 bits per heavy atom.